The molecule has 1 aromatic rings. The number of aryl methyl sites for hydroxylation is 1. The first-order valence-electron chi connectivity index (χ1n) is 5.97. The lowest BCUT2D eigenvalue weighted by Gasteiger charge is -2.36. The highest BCUT2D eigenvalue weighted by atomic mass is 16.4. The molecule has 0 radical (unpaired) electrons. The highest BCUT2D eigenvalue weighted by Crippen LogP contribution is 2.35. The summed E-state index contributed by atoms with van der Waals surface area (Å²) in [6.45, 7) is 0.956. The van der Waals surface area contributed by atoms with Crippen LogP contribution >= 0.6 is 0 Å². The number of hydrogen-bond donors (Lipinski definition) is 3. The molecule has 17 heavy (non-hydrogen) atoms. The van der Waals surface area contributed by atoms with Crippen molar-refractivity contribution < 1.29 is 9.90 Å². The molecule has 0 aromatic heterocycles. The van der Waals surface area contributed by atoms with Crippen LogP contribution in [0.25, 0.3) is 0 Å². The first-order valence-corrected chi connectivity index (χ1v) is 5.97. The summed E-state index contributed by atoms with van der Waals surface area (Å²) in [6.07, 6.45) is 2.47. The summed E-state index contributed by atoms with van der Waals surface area (Å²) in [6, 6.07) is 7.77. The summed E-state index contributed by atoms with van der Waals surface area (Å²) in [4.78, 5) is 11.6. The van der Waals surface area contributed by atoms with Crippen molar-refractivity contribution in [2.45, 2.75) is 24.8 Å². The minimum absolute atomic E-state index is 0.442. The van der Waals surface area contributed by atoms with E-state index in [1.54, 1.807) is 0 Å². The van der Waals surface area contributed by atoms with Gasteiger partial charge in [-0.3, -0.25) is 5.32 Å². The van der Waals surface area contributed by atoms with Crippen molar-refractivity contribution in [1.29, 1.82) is 0 Å². The Hall–Kier alpha value is -1.39. The molecule has 0 aliphatic heterocycles. The van der Waals surface area contributed by atoms with Crippen LogP contribution in [0, 0.1) is 0 Å². The van der Waals surface area contributed by atoms with Crippen molar-refractivity contribution in [1.82, 2.24) is 5.32 Å². The van der Waals surface area contributed by atoms with Gasteiger partial charge in [-0.05, 0) is 30.4 Å². The van der Waals surface area contributed by atoms with E-state index >= 15 is 0 Å². The second-order valence-corrected chi connectivity index (χ2v) is 4.44. The van der Waals surface area contributed by atoms with E-state index in [1.165, 1.54) is 0 Å². The standard InChI is InChI=1S/C13H18N2O2/c14-8-9-15-13(12(16)17)7-3-5-10-4-1-2-6-11(10)13/h1-2,4,6,15H,3,5,7-9,14H2,(H,16,17). The van der Waals surface area contributed by atoms with Gasteiger partial charge in [-0.2, -0.15) is 0 Å². The maximum atomic E-state index is 11.6. The molecular weight excluding hydrogens is 216 g/mol. The van der Waals surface area contributed by atoms with Crippen molar-refractivity contribution in [3.8, 4) is 0 Å². The zero-order chi connectivity index (χ0) is 12.3. The van der Waals surface area contributed by atoms with Gasteiger partial charge in [-0.1, -0.05) is 24.3 Å². The monoisotopic (exact) mass is 234 g/mol. The quantitative estimate of drug-likeness (QED) is 0.722. The molecule has 0 spiro atoms. The molecule has 4 N–H and O–H groups in total. The van der Waals surface area contributed by atoms with Crippen LogP contribution in [-0.4, -0.2) is 24.2 Å². The molecule has 0 saturated carbocycles. The fraction of sp³-hybridized carbons (Fsp3) is 0.462. The van der Waals surface area contributed by atoms with Gasteiger partial charge >= 0.3 is 5.97 Å². The van der Waals surface area contributed by atoms with E-state index in [2.05, 4.69) is 5.32 Å². The Labute approximate surface area is 101 Å². The Morgan fingerprint density at radius 1 is 1.47 bits per heavy atom. The minimum atomic E-state index is -0.950. The largest absolute Gasteiger partial charge is 0.480 e. The second kappa shape index (κ2) is 4.85. The summed E-state index contributed by atoms with van der Waals surface area (Å²) < 4.78 is 0. The van der Waals surface area contributed by atoms with Gasteiger partial charge < -0.3 is 10.8 Å². The molecule has 0 bridgehead atoms. The average Bonchev–Trinajstić information content (AvgIpc) is 2.36. The number of fused-ring (bicyclic) bond motifs is 1. The highest BCUT2D eigenvalue weighted by molar-refractivity contribution is 5.81. The molecule has 1 atom stereocenters. The number of aliphatic carboxylic acids is 1. The molecule has 4 nitrogen and oxygen atoms in total. The minimum Gasteiger partial charge on any atom is -0.480 e. The van der Waals surface area contributed by atoms with Gasteiger partial charge in [0, 0.05) is 13.1 Å². The van der Waals surface area contributed by atoms with Crippen molar-refractivity contribution in [3.05, 3.63) is 35.4 Å². The van der Waals surface area contributed by atoms with E-state index < -0.39 is 11.5 Å². The van der Waals surface area contributed by atoms with Crippen LogP contribution < -0.4 is 11.1 Å². The predicted octanol–water partition coefficient (Wildman–Crippen LogP) is 0.851. The molecule has 0 saturated heterocycles. The first kappa shape index (κ1) is 12.1. The van der Waals surface area contributed by atoms with E-state index in [-0.39, 0.29) is 0 Å². The molecule has 92 valence electrons. The summed E-state index contributed by atoms with van der Waals surface area (Å²) in [5.74, 6) is -0.807. The van der Waals surface area contributed by atoms with Gasteiger partial charge in [-0.15, -0.1) is 0 Å². The molecule has 1 aromatic carbocycles. The number of carboxylic acid groups (broad SMARTS) is 1. The van der Waals surface area contributed by atoms with Gasteiger partial charge in [0.1, 0.15) is 5.54 Å². The lowest BCUT2D eigenvalue weighted by molar-refractivity contribution is -0.146. The number of nitrogens with two attached hydrogens (primary N) is 1. The molecule has 2 rings (SSSR count). The van der Waals surface area contributed by atoms with Crippen molar-refractivity contribution in [2.24, 2.45) is 5.73 Å². The molecule has 4 heteroatoms. The van der Waals surface area contributed by atoms with E-state index in [1.807, 2.05) is 24.3 Å². The Kier molecular flexibility index (Phi) is 3.45. The predicted molar refractivity (Wildman–Crippen MR) is 65.8 cm³/mol. The average molecular weight is 234 g/mol. The van der Waals surface area contributed by atoms with E-state index in [9.17, 15) is 9.90 Å². The zero-order valence-corrected chi connectivity index (χ0v) is 9.78. The molecule has 1 aliphatic rings. The Morgan fingerprint density at radius 3 is 2.94 bits per heavy atom. The van der Waals surface area contributed by atoms with Crippen LogP contribution in [-0.2, 0) is 16.8 Å². The Morgan fingerprint density at radius 2 is 2.24 bits per heavy atom. The van der Waals surface area contributed by atoms with Crippen molar-refractivity contribution >= 4 is 5.97 Å². The van der Waals surface area contributed by atoms with E-state index in [0.29, 0.717) is 19.5 Å². The van der Waals surface area contributed by atoms with Crippen molar-refractivity contribution in [2.75, 3.05) is 13.1 Å². The second-order valence-electron chi connectivity index (χ2n) is 4.44. The summed E-state index contributed by atoms with van der Waals surface area (Å²) >= 11 is 0. The maximum absolute atomic E-state index is 11.6. The third-order valence-electron chi connectivity index (χ3n) is 3.41. The van der Waals surface area contributed by atoms with Crippen LogP contribution in [0.3, 0.4) is 0 Å². The number of benzene rings is 1. The van der Waals surface area contributed by atoms with Crippen LogP contribution in [0.1, 0.15) is 24.0 Å². The van der Waals surface area contributed by atoms with E-state index in [0.717, 1.165) is 24.0 Å². The lowest BCUT2D eigenvalue weighted by Crippen LogP contribution is -2.52. The highest BCUT2D eigenvalue weighted by Gasteiger charge is 2.42. The first-order chi connectivity index (χ1) is 8.20. The number of carbonyl (C=O) groups is 1. The van der Waals surface area contributed by atoms with Gasteiger partial charge in [0.15, 0.2) is 0 Å². The van der Waals surface area contributed by atoms with Gasteiger partial charge in [0.05, 0.1) is 0 Å². The lowest BCUT2D eigenvalue weighted by atomic mass is 9.76. The molecular formula is C13H18N2O2. The van der Waals surface area contributed by atoms with Crippen LogP contribution in [0.2, 0.25) is 0 Å². The topological polar surface area (TPSA) is 75.3 Å². The fourth-order valence-electron chi connectivity index (χ4n) is 2.60. The molecule has 1 aliphatic carbocycles. The van der Waals surface area contributed by atoms with E-state index in [4.69, 9.17) is 5.73 Å². The molecule has 0 heterocycles. The number of rotatable bonds is 4. The Balaban J connectivity index is 2.43. The molecule has 0 amide bonds. The van der Waals surface area contributed by atoms with Crippen LogP contribution in [0.15, 0.2) is 24.3 Å². The smallest absolute Gasteiger partial charge is 0.328 e. The molecule has 1 unspecified atom stereocenters. The summed E-state index contributed by atoms with van der Waals surface area (Å²) in [5.41, 5.74) is 6.54. The van der Waals surface area contributed by atoms with Gasteiger partial charge in [0.2, 0.25) is 0 Å². The van der Waals surface area contributed by atoms with Crippen LogP contribution in [0.4, 0.5) is 0 Å². The van der Waals surface area contributed by atoms with Gasteiger partial charge in [0.25, 0.3) is 0 Å². The number of hydrogen-bond acceptors (Lipinski definition) is 3. The summed E-state index contributed by atoms with van der Waals surface area (Å²) in [5, 5.41) is 12.7. The third-order valence-corrected chi connectivity index (χ3v) is 3.41. The SMILES string of the molecule is NCCNC1(C(=O)O)CCCc2ccccc21. The number of nitrogens with one attached hydrogen (secondary N) is 1. The molecule has 0 fully saturated rings. The normalized spacial score (nSPS) is 23.1. The summed E-state index contributed by atoms with van der Waals surface area (Å²) in [7, 11) is 0. The zero-order valence-electron chi connectivity index (χ0n) is 9.78. The van der Waals surface area contributed by atoms with Crippen molar-refractivity contribution in [3.63, 3.8) is 0 Å². The maximum Gasteiger partial charge on any atom is 0.328 e. The fourth-order valence-corrected chi connectivity index (χ4v) is 2.60. The Bertz CT molecular complexity index is 420. The third kappa shape index (κ3) is 2.06. The number of carboxylic acids is 1. The van der Waals surface area contributed by atoms with Crippen LogP contribution in [0.5, 0.6) is 0 Å². The van der Waals surface area contributed by atoms with Gasteiger partial charge in [-0.25, -0.2) is 4.79 Å².